The lowest BCUT2D eigenvalue weighted by molar-refractivity contribution is 0.0988. The maximum atomic E-state index is 13.8. The number of rotatable bonds is 11. The van der Waals surface area contributed by atoms with E-state index in [1.54, 1.807) is 55.7 Å². The smallest absolute Gasteiger partial charge is 0.192 e. The van der Waals surface area contributed by atoms with Crippen LogP contribution in [-0.4, -0.2) is 32.9 Å². The molecular formula is C23H24FN3O3S. The van der Waals surface area contributed by atoms with E-state index in [0.717, 1.165) is 0 Å². The highest BCUT2D eigenvalue weighted by molar-refractivity contribution is 8.00. The molecule has 6 nitrogen and oxygen atoms in total. The SMILES string of the molecule is C=CCn1c(COc2ccccc2F)nnc1SC(CC)C(=O)c1ccc(OC)cc1. The van der Waals surface area contributed by atoms with Gasteiger partial charge in [0.25, 0.3) is 0 Å². The quantitative estimate of drug-likeness (QED) is 0.238. The Hall–Kier alpha value is -3.13. The number of allylic oxidation sites excluding steroid dienone is 1. The molecule has 0 aliphatic rings. The number of Topliss-reactive ketones (excluding diaryl/α,β-unsaturated/α-hetero) is 1. The Morgan fingerprint density at radius 1 is 1.23 bits per heavy atom. The summed E-state index contributed by atoms with van der Waals surface area (Å²) in [5.74, 6) is 0.932. The summed E-state index contributed by atoms with van der Waals surface area (Å²) < 4.78 is 26.4. The summed E-state index contributed by atoms with van der Waals surface area (Å²) in [5, 5.41) is 8.69. The van der Waals surface area contributed by atoms with E-state index >= 15 is 0 Å². The van der Waals surface area contributed by atoms with Gasteiger partial charge in [-0.25, -0.2) is 4.39 Å². The Bertz CT molecular complexity index is 1040. The Balaban J connectivity index is 1.76. The largest absolute Gasteiger partial charge is 0.497 e. The number of ketones is 1. The molecule has 1 heterocycles. The van der Waals surface area contributed by atoms with E-state index in [1.165, 1.54) is 17.8 Å². The molecule has 2 aromatic carbocycles. The van der Waals surface area contributed by atoms with Gasteiger partial charge in [-0.2, -0.15) is 0 Å². The lowest BCUT2D eigenvalue weighted by Gasteiger charge is -2.14. The first-order valence-electron chi connectivity index (χ1n) is 9.82. The first kappa shape index (κ1) is 22.6. The molecule has 0 fully saturated rings. The molecule has 0 N–H and O–H groups in total. The highest BCUT2D eigenvalue weighted by Gasteiger charge is 2.23. The molecule has 0 aliphatic carbocycles. The van der Waals surface area contributed by atoms with Crippen molar-refractivity contribution in [3.8, 4) is 11.5 Å². The Morgan fingerprint density at radius 3 is 2.61 bits per heavy atom. The highest BCUT2D eigenvalue weighted by atomic mass is 32.2. The van der Waals surface area contributed by atoms with Crippen molar-refractivity contribution in [2.75, 3.05) is 7.11 Å². The second-order valence-corrected chi connectivity index (χ2v) is 7.79. The first-order chi connectivity index (χ1) is 15.1. The zero-order valence-electron chi connectivity index (χ0n) is 17.5. The van der Waals surface area contributed by atoms with Crippen LogP contribution < -0.4 is 9.47 Å². The zero-order valence-corrected chi connectivity index (χ0v) is 18.3. The van der Waals surface area contributed by atoms with Crippen molar-refractivity contribution >= 4 is 17.5 Å². The minimum atomic E-state index is -0.442. The van der Waals surface area contributed by atoms with Crippen LogP contribution in [0.2, 0.25) is 0 Å². The third-order valence-electron chi connectivity index (χ3n) is 4.58. The summed E-state index contributed by atoms with van der Waals surface area (Å²) in [6.07, 6.45) is 2.34. The fourth-order valence-corrected chi connectivity index (χ4v) is 3.98. The van der Waals surface area contributed by atoms with Gasteiger partial charge in [0.2, 0.25) is 0 Å². The van der Waals surface area contributed by atoms with Gasteiger partial charge in [0, 0.05) is 12.1 Å². The Morgan fingerprint density at radius 2 is 1.97 bits per heavy atom. The topological polar surface area (TPSA) is 66.2 Å². The number of hydrogen-bond acceptors (Lipinski definition) is 6. The number of carbonyl (C=O) groups is 1. The monoisotopic (exact) mass is 441 g/mol. The van der Waals surface area contributed by atoms with Crippen molar-refractivity contribution in [1.82, 2.24) is 14.8 Å². The van der Waals surface area contributed by atoms with Crippen LogP contribution in [0.3, 0.4) is 0 Å². The van der Waals surface area contributed by atoms with Gasteiger partial charge in [0.15, 0.2) is 28.3 Å². The van der Waals surface area contributed by atoms with Gasteiger partial charge in [-0.05, 0) is 42.8 Å². The van der Waals surface area contributed by atoms with Crippen molar-refractivity contribution in [2.45, 2.75) is 36.9 Å². The van der Waals surface area contributed by atoms with Crippen LogP contribution in [-0.2, 0) is 13.2 Å². The molecule has 0 amide bonds. The van der Waals surface area contributed by atoms with Gasteiger partial charge in [-0.1, -0.05) is 36.9 Å². The zero-order chi connectivity index (χ0) is 22.2. The number of thioether (sulfide) groups is 1. The average molecular weight is 442 g/mol. The molecule has 162 valence electrons. The maximum Gasteiger partial charge on any atom is 0.192 e. The number of ether oxygens (including phenoxy) is 2. The van der Waals surface area contributed by atoms with Crippen LogP contribution in [0.15, 0.2) is 66.3 Å². The molecule has 0 saturated carbocycles. The van der Waals surface area contributed by atoms with Crippen molar-refractivity contribution in [3.63, 3.8) is 0 Å². The lowest BCUT2D eigenvalue weighted by atomic mass is 10.1. The van der Waals surface area contributed by atoms with E-state index in [9.17, 15) is 9.18 Å². The van der Waals surface area contributed by atoms with Crippen molar-refractivity contribution in [3.05, 3.63) is 78.4 Å². The van der Waals surface area contributed by atoms with E-state index in [-0.39, 0.29) is 23.4 Å². The predicted molar refractivity (Wildman–Crippen MR) is 118 cm³/mol. The van der Waals surface area contributed by atoms with Gasteiger partial charge < -0.3 is 9.47 Å². The van der Waals surface area contributed by atoms with E-state index in [1.807, 2.05) is 11.5 Å². The van der Waals surface area contributed by atoms with E-state index in [0.29, 0.717) is 35.3 Å². The summed E-state index contributed by atoms with van der Waals surface area (Å²) >= 11 is 1.34. The van der Waals surface area contributed by atoms with Gasteiger partial charge in [0.1, 0.15) is 12.4 Å². The van der Waals surface area contributed by atoms with E-state index in [2.05, 4.69) is 16.8 Å². The second kappa shape index (κ2) is 10.8. The van der Waals surface area contributed by atoms with Crippen molar-refractivity contribution < 1.29 is 18.7 Å². The Labute approximate surface area is 185 Å². The third-order valence-corrected chi connectivity index (χ3v) is 5.93. The molecule has 1 unspecified atom stereocenters. The van der Waals surface area contributed by atoms with Gasteiger partial charge in [-0.15, -0.1) is 16.8 Å². The lowest BCUT2D eigenvalue weighted by Crippen LogP contribution is -2.18. The highest BCUT2D eigenvalue weighted by Crippen LogP contribution is 2.28. The number of nitrogens with zero attached hydrogens (tertiary/aromatic N) is 3. The first-order valence-corrected chi connectivity index (χ1v) is 10.7. The standard InChI is InChI=1S/C23H24FN3O3S/c1-4-14-27-21(15-30-19-9-7-6-8-18(19)24)25-26-23(27)31-20(5-2)22(28)16-10-12-17(29-3)13-11-16/h4,6-13,20H,1,5,14-15H2,2-3H3. The van der Waals surface area contributed by atoms with Crippen molar-refractivity contribution in [2.24, 2.45) is 0 Å². The van der Waals surface area contributed by atoms with E-state index < -0.39 is 5.82 Å². The molecule has 31 heavy (non-hydrogen) atoms. The molecule has 8 heteroatoms. The third kappa shape index (κ3) is 5.52. The minimum absolute atomic E-state index is 0.00691. The minimum Gasteiger partial charge on any atom is -0.497 e. The molecule has 1 aromatic heterocycles. The molecular weight excluding hydrogens is 417 g/mol. The maximum absolute atomic E-state index is 13.8. The van der Waals surface area contributed by atoms with Gasteiger partial charge >= 0.3 is 0 Å². The molecule has 0 saturated heterocycles. The number of benzene rings is 2. The average Bonchev–Trinajstić information content (AvgIpc) is 3.18. The number of carbonyl (C=O) groups excluding carboxylic acids is 1. The summed E-state index contributed by atoms with van der Waals surface area (Å²) in [5.41, 5.74) is 0.609. The number of methoxy groups -OCH3 is 1. The van der Waals surface area contributed by atoms with Gasteiger partial charge in [0.05, 0.1) is 12.4 Å². The summed E-state index contributed by atoms with van der Waals surface area (Å²) in [4.78, 5) is 13.0. The van der Waals surface area contributed by atoms with Gasteiger partial charge in [-0.3, -0.25) is 9.36 Å². The number of para-hydroxylation sites is 1. The van der Waals surface area contributed by atoms with Crippen LogP contribution in [0, 0.1) is 5.82 Å². The predicted octanol–water partition coefficient (Wildman–Crippen LogP) is 4.94. The number of aromatic nitrogens is 3. The number of halogens is 1. The second-order valence-electron chi connectivity index (χ2n) is 6.62. The molecule has 0 spiro atoms. The Kier molecular flexibility index (Phi) is 7.83. The van der Waals surface area contributed by atoms with Crippen LogP contribution in [0.4, 0.5) is 4.39 Å². The van der Waals surface area contributed by atoms with Crippen LogP contribution in [0.1, 0.15) is 29.5 Å². The van der Waals surface area contributed by atoms with Crippen LogP contribution in [0.5, 0.6) is 11.5 Å². The molecule has 0 aliphatic heterocycles. The van der Waals surface area contributed by atoms with E-state index in [4.69, 9.17) is 9.47 Å². The normalized spacial score (nSPS) is 11.7. The fourth-order valence-electron chi connectivity index (χ4n) is 2.92. The van der Waals surface area contributed by atoms with Crippen LogP contribution in [0.25, 0.3) is 0 Å². The molecule has 0 radical (unpaired) electrons. The molecule has 3 rings (SSSR count). The molecule has 0 bridgehead atoms. The summed E-state index contributed by atoms with van der Waals surface area (Å²) in [6.45, 7) is 6.23. The summed E-state index contributed by atoms with van der Waals surface area (Å²) in [7, 11) is 1.58. The number of hydrogen-bond donors (Lipinski definition) is 0. The van der Waals surface area contributed by atoms with Crippen LogP contribution >= 0.6 is 11.8 Å². The summed E-state index contributed by atoms with van der Waals surface area (Å²) in [6, 6.07) is 13.2. The van der Waals surface area contributed by atoms with Crippen molar-refractivity contribution in [1.29, 1.82) is 0 Å². The molecule has 1 atom stereocenters. The fraction of sp³-hybridized carbons (Fsp3) is 0.261. The molecule has 3 aromatic rings.